The van der Waals surface area contributed by atoms with Gasteiger partial charge in [-0.2, -0.15) is 0 Å². The van der Waals surface area contributed by atoms with Crippen molar-refractivity contribution in [3.63, 3.8) is 0 Å². The summed E-state index contributed by atoms with van der Waals surface area (Å²) in [6, 6.07) is 0.188. The first-order valence-corrected chi connectivity index (χ1v) is 10.4. The Morgan fingerprint density at radius 3 is 2.91 bits per heavy atom. The molecule has 0 N–H and O–H groups in total. The van der Waals surface area contributed by atoms with Crippen LogP contribution < -0.4 is 0 Å². The molecule has 0 spiro atoms. The van der Waals surface area contributed by atoms with Gasteiger partial charge in [0.05, 0.1) is 19.3 Å². The average Bonchev–Trinajstić information content (AvgIpc) is 2.52. The van der Waals surface area contributed by atoms with Gasteiger partial charge in [0.15, 0.2) is 11.6 Å². The lowest BCUT2D eigenvalue weighted by atomic mass is 9.89. The van der Waals surface area contributed by atoms with Crippen LogP contribution in [0.3, 0.4) is 0 Å². The number of alkyl halides is 1. The van der Waals surface area contributed by atoms with E-state index >= 15 is 0 Å². The van der Waals surface area contributed by atoms with E-state index < -0.39 is 10.8 Å². The normalized spacial score (nSPS) is 36.2. The second kappa shape index (κ2) is 7.11. The lowest BCUT2D eigenvalue weighted by Crippen LogP contribution is -2.55. The standard InChI is InChI=1S/C16H25ClN2O3S/c1-10-6-11(2)15(17)18-16-14(13(10)9-23(3)20)22-8-12-7-21-5-4-19(12)16/h10-12,15H,4-9H2,1-3H3. The van der Waals surface area contributed by atoms with Crippen molar-refractivity contribution < 1.29 is 13.7 Å². The van der Waals surface area contributed by atoms with Crippen LogP contribution in [0, 0.1) is 11.8 Å². The first-order chi connectivity index (χ1) is 11.0. The van der Waals surface area contributed by atoms with Gasteiger partial charge in [-0.15, -0.1) is 0 Å². The summed E-state index contributed by atoms with van der Waals surface area (Å²) in [5.41, 5.74) is 0.853. The number of hydrogen-bond donors (Lipinski definition) is 0. The van der Waals surface area contributed by atoms with E-state index in [1.165, 1.54) is 0 Å². The van der Waals surface area contributed by atoms with E-state index in [1.54, 1.807) is 6.26 Å². The molecule has 0 saturated carbocycles. The zero-order valence-corrected chi connectivity index (χ0v) is 15.5. The van der Waals surface area contributed by atoms with Crippen LogP contribution in [0.4, 0.5) is 0 Å². The van der Waals surface area contributed by atoms with Gasteiger partial charge in [0, 0.05) is 29.4 Å². The second-order valence-electron chi connectivity index (χ2n) is 6.74. The number of fused-ring (bicyclic) bond motifs is 3. The van der Waals surface area contributed by atoms with Gasteiger partial charge in [-0.1, -0.05) is 25.4 Å². The molecule has 0 aromatic rings. The summed E-state index contributed by atoms with van der Waals surface area (Å²) >= 11 is 6.53. The zero-order valence-electron chi connectivity index (χ0n) is 14.0. The predicted molar refractivity (Wildman–Crippen MR) is 93.2 cm³/mol. The SMILES string of the molecule is CC1CC(C)C(Cl)N=C2C(=C1CS(C)=O)OCC1COCCN21. The van der Waals surface area contributed by atoms with Crippen molar-refractivity contribution in [3.05, 3.63) is 11.3 Å². The molecule has 23 heavy (non-hydrogen) atoms. The molecule has 3 aliphatic heterocycles. The Balaban J connectivity index is 2.06. The Hall–Kier alpha value is -0.590. The van der Waals surface area contributed by atoms with Crippen LogP contribution in [0.1, 0.15) is 20.3 Å². The second-order valence-corrected chi connectivity index (χ2v) is 8.63. The highest BCUT2D eigenvalue weighted by atomic mass is 35.5. The molecule has 130 valence electrons. The molecule has 0 aromatic carbocycles. The molecule has 0 amide bonds. The van der Waals surface area contributed by atoms with E-state index in [4.69, 9.17) is 26.1 Å². The van der Waals surface area contributed by atoms with Crippen molar-refractivity contribution in [1.29, 1.82) is 0 Å². The topological polar surface area (TPSA) is 51.1 Å². The average molecular weight is 361 g/mol. The summed E-state index contributed by atoms with van der Waals surface area (Å²) in [6.07, 6.45) is 2.67. The van der Waals surface area contributed by atoms with Crippen LogP contribution in [-0.4, -0.2) is 64.9 Å². The fourth-order valence-electron chi connectivity index (χ4n) is 3.52. The van der Waals surface area contributed by atoms with Gasteiger partial charge in [0.25, 0.3) is 0 Å². The molecular weight excluding hydrogens is 336 g/mol. The monoisotopic (exact) mass is 360 g/mol. The van der Waals surface area contributed by atoms with Crippen molar-refractivity contribution in [1.82, 2.24) is 4.90 Å². The van der Waals surface area contributed by atoms with E-state index in [0.29, 0.717) is 25.6 Å². The van der Waals surface area contributed by atoms with Gasteiger partial charge in [-0.05, 0) is 23.8 Å². The van der Waals surface area contributed by atoms with Gasteiger partial charge in [-0.25, -0.2) is 4.99 Å². The molecule has 5 atom stereocenters. The molecule has 3 rings (SSSR count). The highest BCUT2D eigenvalue weighted by molar-refractivity contribution is 7.84. The third-order valence-electron chi connectivity index (χ3n) is 4.81. The quantitative estimate of drug-likeness (QED) is 0.558. The smallest absolute Gasteiger partial charge is 0.168 e. The lowest BCUT2D eigenvalue weighted by Gasteiger charge is -2.44. The summed E-state index contributed by atoms with van der Waals surface area (Å²) in [4.78, 5) is 7.05. The third-order valence-corrected chi connectivity index (χ3v) is 6.05. The van der Waals surface area contributed by atoms with Gasteiger partial charge in [-0.3, -0.25) is 4.21 Å². The van der Waals surface area contributed by atoms with E-state index in [0.717, 1.165) is 30.1 Å². The van der Waals surface area contributed by atoms with Crippen molar-refractivity contribution >= 4 is 28.2 Å². The maximum atomic E-state index is 11.9. The first-order valence-electron chi connectivity index (χ1n) is 8.20. The molecule has 2 saturated heterocycles. The zero-order chi connectivity index (χ0) is 16.6. The summed E-state index contributed by atoms with van der Waals surface area (Å²) in [6.45, 7) is 7.03. The van der Waals surface area contributed by atoms with Crippen LogP contribution >= 0.6 is 11.6 Å². The molecule has 7 heteroatoms. The fourth-order valence-corrected chi connectivity index (χ4v) is 4.57. The Bertz CT molecular complexity index is 551. The molecule has 5 nitrogen and oxygen atoms in total. The van der Waals surface area contributed by atoms with Crippen molar-refractivity contribution in [2.24, 2.45) is 16.8 Å². The van der Waals surface area contributed by atoms with Gasteiger partial charge >= 0.3 is 0 Å². The largest absolute Gasteiger partial charge is 0.487 e. The van der Waals surface area contributed by atoms with Crippen molar-refractivity contribution in [3.8, 4) is 0 Å². The minimum atomic E-state index is -0.911. The summed E-state index contributed by atoms with van der Waals surface area (Å²) < 4.78 is 23.5. The summed E-state index contributed by atoms with van der Waals surface area (Å²) in [5.74, 6) is 2.73. The van der Waals surface area contributed by atoms with Crippen LogP contribution in [0.2, 0.25) is 0 Å². The van der Waals surface area contributed by atoms with Crippen LogP contribution in [0.5, 0.6) is 0 Å². The molecule has 5 unspecified atom stereocenters. The Morgan fingerprint density at radius 2 is 2.17 bits per heavy atom. The Kier molecular flexibility index (Phi) is 5.33. The minimum Gasteiger partial charge on any atom is -0.487 e. The predicted octanol–water partition coefficient (Wildman–Crippen LogP) is 1.99. The first kappa shape index (κ1) is 17.2. The maximum absolute atomic E-state index is 11.9. The molecule has 0 aromatic heterocycles. The highest BCUT2D eigenvalue weighted by Gasteiger charge is 2.38. The fraction of sp³-hybridized carbons (Fsp3) is 0.812. The Morgan fingerprint density at radius 1 is 1.39 bits per heavy atom. The van der Waals surface area contributed by atoms with E-state index in [-0.39, 0.29) is 23.4 Å². The molecular formula is C16H25ClN2O3S. The van der Waals surface area contributed by atoms with Gasteiger partial charge in [0.2, 0.25) is 0 Å². The Labute approximate surface area is 145 Å². The number of rotatable bonds is 2. The van der Waals surface area contributed by atoms with Crippen molar-refractivity contribution in [2.45, 2.75) is 31.8 Å². The minimum absolute atomic E-state index is 0.188. The lowest BCUT2D eigenvalue weighted by molar-refractivity contribution is -0.0163. The van der Waals surface area contributed by atoms with Crippen LogP contribution in [0.25, 0.3) is 0 Å². The molecule has 0 bridgehead atoms. The van der Waals surface area contributed by atoms with E-state index in [2.05, 4.69) is 18.7 Å². The molecule has 0 aliphatic carbocycles. The number of hydrogen-bond acceptors (Lipinski definition) is 5. The number of ether oxygens (including phenoxy) is 2. The molecule has 2 fully saturated rings. The highest BCUT2D eigenvalue weighted by Crippen LogP contribution is 2.34. The van der Waals surface area contributed by atoms with Crippen LogP contribution in [-0.2, 0) is 20.3 Å². The number of amidine groups is 1. The van der Waals surface area contributed by atoms with Crippen LogP contribution in [0.15, 0.2) is 16.3 Å². The molecule has 0 radical (unpaired) electrons. The number of halogens is 1. The van der Waals surface area contributed by atoms with Gasteiger partial charge < -0.3 is 14.4 Å². The van der Waals surface area contributed by atoms with Gasteiger partial charge in [0.1, 0.15) is 12.1 Å². The summed E-state index contributed by atoms with van der Waals surface area (Å²) in [5, 5.41) is 0. The molecule has 3 aliphatic rings. The third kappa shape index (κ3) is 3.59. The van der Waals surface area contributed by atoms with E-state index in [1.807, 2.05) is 0 Å². The number of morpholine rings is 2. The van der Waals surface area contributed by atoms with E-state index in [9.17, 15) is 4.21 Å². The number of aliphatic imine (C=N–C) groups is 1. The number of nitrogens with zero attached hydrogens (tertiary/aromatic N) is 2. The maximum Gasteiger partial charge on any atom is 0.168 e. The molecule has 3 heterocycles. The summed E-state index contributed by atoms with van der Waals surface area (Å²) in [7, 11) is -0.911. The van der Waals surface area contributed by atoms with Crippen molar-refractivity contribution in [2.75, 3.05) is 38.4 Å².